The molecule has 0 fully saturated rings. The standard InChI is InChI=1S/C15H16FN3O/c1-19(9-7-12-4-2-3-8-18-12)15(20)13-6-5-11(16)10-14(13)17/h2-6,8,10H,7,9,17H2,1H3. The minimum atomic E-state index is -0.449. The zero-order valence-electron chi connectivity index (χ0n) is 11.2. The molecular formula is C15H16FN3O. The number of carbonyl (C=O) groups excluding carboxylic acids is 1. The van der Waals surface area contributed by atoms with E-state index in [4.69, 9.17) is 5.73 Å². The van der Waals surface area contributed by atoms with Gasteiger partial charge in [0.15, 0.2) is 0 Å². The summed E-state index contributed by atoms with van der Waals surface area (Å²) in [5.74, 6) is -0.673. The van der Waals surface area contributed by atoms with Gasteiger partial charge < -0.3 is 10.6 Å². The molecule has 0 unspecified atom stereocenters. The second-order valence-corrected chi connectivity index (χ2v) is 4.53. The highest BCUT2D eigenvalue weighted by molar-refractivity contribution is 5.98. The predicted octanol–water partition coefficient (Wildman–Crippen LogP) is 2.12. The number of nitrogens with zero attached hydrogens (tertiary/aromatic N) is 2. The van der Waals surface area contributed by atoms with Gasteiger partial charge in [0.2, 0.25) is 0 Å². The monoisotopic (exact) mass is 273 g/mol. The van der Waals surface area contributed by atoms with Crippen molar-refractivity contribution in [1.29, 1.82) is 0 Å². The largest absolute Gasteiger partial charge is 0.398 e. The van der Waals surface area contributed by atoms with E-state index in [2.05, 4.69) is 4.98 Å². The number of hydrogen-bond acceptors (Lipinski definition) is 3. The van der Waals surface area contributed by atoms with Crippen LogP contribution in [0.4, 0.5) is 10.1 Å². The highest BCUT2D eigenvalue weighted by atomic mass is 19.1. The smallest absolute Gasteiger partial charge is 0.255 e. The van der Waals surface area contributed by atoms with Crippen LogP contribution in [-0.2, 0) is 6.42 Å². The Balaban J connectivity index is 2.01. The van der Waals surface area contributed by atoms with E-state index in [-0.39, 0.29) is 11.6 Å². The Morgan fingerprint density at radius 1 is 1.35 bits per heavy atom. The number of carbonyl (C=O) groups is 1. The molecule has 0 aliphatic heterocycles. The number of nitrogen functional groups attached to an aromatic ring is 1. The average molecular weight is 273 g/mol. The fourth-order valence-electron chi connectivity index (χ4n) is 1.86. The van der Waals surface area contributed by atoms with Crippen molar-refractivity contribution in [3.63, 3.8) is 0 Å². The second kappa shape index (κ2) is 6.14. The molecule has 1 amide bonds. The summed E-state index contributed by atoms with van der Waals surface area (Å²) >= 11 is 0. The van der Waals surface area contributed by atoms with Crippen molar-refractivity contribution in [2.24, 2.45) is 0 Å². The molecule has 1 heterocycles. The summed E-state index contributed by atoms with van der Waals surface area (Å²) in [5, 5.41) is 0. The van der Waals surface area contributed by atoms with Crippen LogP contribution < -0.4 is 5.73 Å². The molecule has 104 valence electrons. The van der Waals surface area contributed by atoms with Gasteiger partial charge >= 0.3 is 0 Å². The number of anilines is 1. The van der Waals surface area contributed by atoms with Crippen LogP contribution in [0.15, 0.2) is 42.6 Å². The molecule has 0 radical (unpaired) electrons. The van der Waals surface area contributed by atoms with E-state index in [0.717, 1.165) is 11.8 Å². The highest BCUT2D eigenvalue weighted by Gasteiger charge is 2.15. The summed E-state index contributed by atoms with van der Waals surface area (Å²) < 4.78 is 13.0. The number of likely N-dealkylation sites (N-methyl/N-ethyl adjacent to an activating group) is 1. The Bertz CT molecular complexity index is 601. The van der Waals surface area contributed by atoms with Crippen molar-refractivity contribution in [2.75, 3.05) is 19.3 Å². The van der Waals surface area contributed by atoms with Gasteiger partial charge in [0.05, 0.1) is 5.56 Å². The third-order valence-corrected chi connectivity index (χ3v) is 3.02. The quantitative estimate of drug-likeness (QED) is 0.868. The second-order valence-electron chi connectivity index (χ2n) is 4.53. The van der Waals surface area contributed by atoms with E-state index in [1.807, 2.05) is 18.2 Å². The van der Waals surface area contributed by atoms with E-state index in [9.17, 15) is 9.18 Å². The first-order valence-corrected chi connectivity index (χ1v) is 6.28. The first-order valence-electron chi connectivity index (χ1n) is 6.28. The average Bonchev–Trinajstić information content (AvgIpc) is 2.45. The number of halogens is 1. The highest BCUT2D eigenvalue weighted by Crippen LogP contribution is 2.15. The van der Waals surface area contributed by atoms with Crippen molar-refractivity contribution in [3.05, 3.63) is 59.7 Å². The van der Waals surface area contributed by atoms with Crippen molar-refractivity contribution in [2.45, 2.75) is 6.42 Å². The maximum atomic E-state index is 13.0. The Hall–Kier alpha value is -2.43. The number of nitrogens with two attached hydrogens (primary N) is 1. The zero-order chi connectivity index (χ0) is 14.5. The molecule has 0 spiro atoms. The molecule has 0 saturated carbocycles. The molecule has 1 aromatic heterocycles. The molecule has 0 aliphatic rings. The number of rotatable bonds is 4. The Morgan fingerprint density at radius 2 is 2.15 bits per heavy atom. The number of amides is 1. The lowest BCUT2D eigenvalue weighted by Crippen LogP contribution is -2.29. The molecule has 2 N–H and O–H groups in total. The van der Waals surface area contributed by atoms with Gasteiger partial charge in [-0.1, -0.05) is 6.07 Å². The third-order valence-electron chi connectivity index (χ3n) is 3.02. The van der Waals surface area contributed by atoms with Crippen LogP contribution in [0, 0.1) is 5.82 Å². The van der Waals surface area contributed by atoms with Gasteiger partial charge in [-0.3, -0.25) is 9.78 Å². The van der Waals surface area contributed by atoms with E-state index in [0.29, 0.717) is 18.5 Å². The minimum absolute atomic E-state index is 0.152. The first-order chi connectivity index (χ1) is 9.58. The maximum absolute atomic E-state index is 13.0. The van der Waals surface area contributed by atoms with E-state index < -0.39 is 5.82 Å². The summed E-state index contributed by atoms with van der Waals surface area (Å²) in [6, 6.07) is 9.45. The van der Waals surface area contributed by atoms with Gasteiger partial charge in [0.1, 0.15) is 5.82 Å². The molecule has 0 saturated heterocycles. The van der Waals surface area contributed by atoms with Crippen LogP contribution in [0.5, 0.6) is 0 Å². The Morgan fingerprint density at radius 3 is 2.80 bits per heavy atom. The summed E-state index contributed by atoms with van der Waals surface area (Å²) in [6.45, 7) is 0.520. The summed E-state index contributed by atoms with van der Waals surface area (Å²) in [6.07, 6.45) is 2.37. The normalized spacial score (nSPS) is 10.3. The van der Waals surface area contributed by atoms with Gasteiger partial charge in [-0.25, -0.2) is 4.39 Å². The molecular weight excluding hydrogens is 257 g/mol. The molecule has 0 atom stereocenters. The summed E-state index contributed by atoms with van der Waals surface area (Å²) in [7, 11) is 1.69. The topological polar surface area (TPSA) is 59.2 Å². The SMILES string of the molecule is CN(CCc1ccccn1)C(=O)c1ccc(F)cc1N. The van der Waals surface area contributed by atoms with E-state index in [1.54, 1.807) is 18.1 Å². The van der Waals surface area contributed by atoms with Gasteiger partial charge in [-0.15, -0.1) is 0 Å². The van der Waals surface area contributed by atoms with Gasteiger partial charge in [0, 0.05) is 37.6 Å². The first kappa shape index (κ1) is 14.0. The summed E-state index contributed by atoms with van der Waals surface area (Å²) in [4.78, 5) is 18.0. The molecule has 20 heavy (non-hydrogen) atoms. The third kappa shape index (κ3) is 3.32. The Labute approximate surface area is 117 Å². The predicted molar refractivity (Wildman–Crippen MR) is 75.7 cm³/mol. The van der Waals surface area contributed by atoms with Crippen LogP contribution in [0.2, 0.25) is 0 Å². The fourth-order valence-corrected chi connectivity index (χ4v) is 1.86. The number of hydrogen-bond donors (Lipinski definition) is 1. The zero-order valence-corrected chi connectivity index (χ0v) is 11.2. The van der Waals surface area contributed by atoms with Crippen LogP contribution in [0.3, 0.4) is 0 Å². The molecule has 2 rings (SSSR count). The van der Waals surface area contributed by atoms with Gasteiger partial charge in [-0.2, -0.15) is 0 Å². The number of aromatic nitrogens is 1. The van der Waals surface area contributed by atoms with Crippen LogP contribution >= 0.6 is 0 Å². The van der Waals surface area contributed by atoms with E-state index in [1.165, 1.54) is 12.1 Å². The molecule has 5 heteroatoms. The fraction of sp³-hybridized carbons (Fsp3) is 0.200. The van der Waals surface area contributed by atoms with E-state index >= 15 is 0 Å². The molecule has 0 aliphatic carbocycles. The Kier molecular flexibility index (Phi) is 4.30. The minimum Gasteiger partial charge on any atom is -0.398 e. The van der Waals surface area contributed by atoms with Crippen molar-refractivity contribution < 1.29 is 9.18 Å². The van der Waals surface area contributed by atoms with Gasteiger partial charge in [0.25, 0.3) is 5.91 Å². The summed E-state index contributed by atoms with van der Waals surface area (Å²) in [5.41, 5.74) is 7.05. The van der Waals surface area contributed by atoms with Gasteiger partial charge in [-0.05, 0) is 30.3 Å². The van der Waals surface area contributed by atoms with Crippen molar-refractivity contribution in [3.8, 4) is 0 Å². The molecule has 1 aromatic carbocycles. The molecule has 2 aromatic rings. The lowest BCUT2D eigenvalue weighted by Gasteiger charge is -2.18. The molecule has 4 nitrogen and oxygen atoms in total. The van der Waals surface area contributed by atoms with Crippen LogP contribution in [0.25, 0.3) is 0 Å². The maximum Gasteiger partial charge on any atom is 0.255 e. The lowest BCUT2D eigenvalue weighted by atomic mass is 10.1. The number of pyridine rings is 1. The number of benzene rings is 1. The van der Waals surface area contributed by atoms with Crippen molar-refractivity contribution >= 4 is 11.6 Å². The van der Waals surface area contributed by atoms with Crippen molar-refractivity contribution in [1.82, 2.24) is 9.88 Å². The van der Waals surface area contributed by atoms with Crippen LogP contribution in [-0.4, -0.2) is 29.4 Å². The lowest BCUT2D eigenvalue weighted by molar-refractivity contribution is 0.0797. The molecule has 0 bridgehead atoms. The van der Waals surface area contributed by atoms with Crippen LogP contribution in [0.1, 0.15) is 16.1 Å².